The van der Waals surface area contributed by atoms with Crippen molar-refractivity contribution in [3.63, 3.8) is 0 Å². The number of halogens is 4. The second kappa shape index (κ2) is 9.91. The topological polar surface area (TPSA) is 91.4 Å². The number of carbonyl (C=O) groups excluding carboxylic acids is 1. The fraction of sp³-hybridized carbons (Fsp3) is 0.273. The van der Waals surface area contributed by atoms with Crippen molar-refractivity contribution in [2.45, 2.75) is 30.8 Å². The van der Waals surface area contributed by atoms with Crippen molar-refractivity contribution in [1.82, 2.24) is 9.29 Å². The first-order chi connectivity index (χ1) is 16.6. The number of rotatable bonds is 5. The molecule has 0 saturated carbocycles. The molecule has 1 saturated heterocycles. The average Bonchev–Trinajstić information content (AvgIpc) is 3.30. The first-order valence-corrected chi connectivity index (χ1v) is 12.8. The Labute approximate surface area is 202 Å². The van der Waals surface area contributed by atoms with Crippen molar-refractivity contribution >= 4 is 38.8 Å². The van der Waals surface area contributed by atoms with E-state index in [0.29, 0.717) is 38.3 Å². The van der Waals surface area contributed by atoms with E-state index in [9.17, 15) is 30.8 Å². The number of aromatic nitrogens is 1. The Morgan fingerprint density at radius 2 is 1.77 bits per heavy atom. The molecule has 186 valence electrons. The molecular weight excluding hydrogens is 508 g/mol. The summed E-state index contributed by atoms with van der Waals surface area (Å²) in [5.74, 6) is -0.571. The zero-order valence-corrected chi connectivity index (χ0v) is 19.7. The highest BCUT2D eigenvalue weighted by Crippen LogP contribution is 2.41. The van der Waals surface area contributed by atoms with E-state index in [4.69, 9.17) is 0 Å². The van der Waals surface area contributed by atoms with Gasteiger partial charge in [-0.1, -0.05) is 30.7 Å². The number of urea groups is 1. The van der Waals surface area contributed by atoms with Crippen molar-refractivity contribution in [1.29, 1.82) is 0 Å². The molecule has 2 amide bonds. The van der Waals surface area contributed by atoms with Crippen molar-refractivity contribution in [2.24, 2.45) is 0 Å². The van der Waals surface area contributed by atoms with Gasteiger partial charge in [-0.2, -0.15) is 17.5 Å². The van der Waals surface area contributed by atoms with E-state index in [1.807, 2.05) is 0 Å². The van der Waals surface area contributed by atoms with Crippen molar-refractivity contribution < 1.29 is 30.8 Å². The number of nitrogens with zero attached hydrogens (tertiary/aromatic N) is 2. The molecule has 1 fully saturated rings. The third-order valence-electron chi connectivity index (χ3n) is 5.41. The van der Waals surface area contributed by atoms with E-state index < -0.39 is 33.4 Å². The zero-order valence-electron chi connectivity index (χ0n) is 18.0. The van der Waals surface area contributed by atoms with Gasteiger partial charge in [0.1, 0.15) is 10.8 Å². The van der Waals surface area contributed by atoms with Gasteiger partial charge >= 0.3 is 21.6 Å². The summed E-state index contributed by atoms with van der Waals surface area (Å²) in [7, 11) is -5.46. The highest BCUT2D eigenvalue weighted by Gasteiger charge is 2.52. The molecular formula is C22H20F4N4O3S2. The third-order valence-corrected chi connectivity index (χ3v) is 8.20. The maximum Gasteiger partial charge on any atom is 0.511 e. The van der Waals surface area contributed by atoms with E-state index in [0.717, 1.165) is 11.3 Å². The Morgan fingerprint density at radius 1 is 1.06 bits per heavy atom. The number of benzene rings is 2. The number of piperidine rings is 1. The summed E-state index contributed by atoms with van der Waals surface area (Å²) in [5.41, 5.74) is -4.22. The fourth-order valence-corrected chi connectivity index (χ4v) is 6.03. The minimum absolute atomic E-state index is 0.0307. The molecule has 2 heterocycles. The van der Waals surface area contributed by atoms with E-state index in [2.05, 4.69) is 15.6 Å². The van der Waals surface area contributed by atoms with Crippen LogP contribution in [0.15, 0.2) is 54.7 Å². The van der Waals surface area contributed by atoms with Gasteiger partial charge in [0, 0.05) is 18.4 Å². The van der Waals surface area contributed by atoms with Crippen LogP contribution in [0.4, 0.5) is 33.7 Å². The molecule has 0 aliphatic carbocycles. The van der Waals surface area contributed by atoms with E-state index in [-0.39, 0.29) is 18.7 Å². The Hall–Kier alpha value is -3.03. The van der Waals surface area contributed by atoms with Gasteiger partial charge < -0.3 is 10.6 Å². The molecule has 1 aliphatic rings. The molecule has 4 rings (SSSR count). The van der Waals surface area contributed by atoms with Crippen LogP contribution in [0.25, 0.3) is 10.4 Å². The first kappa shape index (κ1) is 25.1. The number of carbonyl (C=O) groups is 1. The standard InChI is InChI=1S/C22H20F4N4O3S2/c23-16-5-1-2-6-17(16)29-21(31)28-15-10-8-14(9-11-15)19-13-27-20(34-19)18-7-3-4-12-30(18)35(32,33)22(24,25)26/h1-2,5-6,8-11,13,18H,3-4,7,12H2,(H2,28,29,31). The Morgan fingerprint density at radius 3 is 2.46 bits per heavy atom. The molecule has 0 bridgehead atoms. The van der Waals surface area contributed by atoms with E-state index >= 15 is 0 Å². The summed E-state index contributed by atoms with van der Waals surface area (Å²) in [4.78, 5) is 17.0. The molecule has 2 N–H and O–H groups in total. The number of sulfonamides is 1. The van der Waals surface area contributed by atoms with Crippen molar-refractivity contribution in [2.75, 3.05) is 17.2 Å². The molecule has 0 radical (unpaired) electrons. The van der Waals surface area contributed by atoms with Crippen LogP contribution in [0.2, 0.25) is 0 Å². The monoisotopic (exact) mass is 528 g/mol. The summed E-state index contributed by atoms with van der Waals surface area (Å²) in [6.45, 7) is -0.212. The Bertz CT molecular complexity index is 1310. The normalized spacial score (nSPS) is 17.2. The van der Waals surface area contributed by atoms with E-state index in [1.54, 1.807) is 30.3 Å². The SMILES string of the molecule is O=C(Nc1ccc(-c2cnc(C3CCCCN3S(=O)(=O)C(F)(F)F)s2)cc1)Nc1ccccc1F. The molecule has 35 heavy (non-hydrogen) atoms. The molecule has 13 heteroatoms. The third kappa shape index (κ3) is 5.46. The van der Waals surface area contributed by atoms with Crippen LogP contribution in [0.3, 0.4) is 0 Å². The molecule has 1 aliphatic heterocycles. The Kier molecular flexibility index (Phi) is 7.10. The Balaban J connectivity index is 1.47. The number of hydrogen-bond donors (Lipinski definition) is 2. The predicted molar refractivity (Wildman–Crippen MR) is 125 cm³/mol. The van der Waals surface area contributed by atoms with Crippen LogP contribution in [0.1, 0.15) is 30.3 Å². The lowest BCUT2D eigenvalue weighted by atomic mass is 10.1. The maximum atomic E-state index is 13.7. The molecule has 3 aromatic rings. The summed E-state index contributed by atoms with van der Waals surface area (Å²) in [5, 5.41) is 5.28. The highest BCUT2D eigenvalue weighted by atomic mass is 32.2. The lowest BCUT2D eigenvalue weighted by Crippen LogP contribution is -2.45. The van der Waals surface area contributed by atoms with Crippen LogP contribution in [0.5, 0.6) is 0 Å². The predicted octanol–water partition coefficient (Wildman–Crippen LogP) is 5.97. The highest BCUT2D eigenvalue weighted by molar-refractivity contribution is 7.90. The van der Waals surface area contributed by atoms with E-state index in [1.165, 1.54) is 24.4 Å². The minimum atomic E-state index is -5.46. The number of hydrogen-bond acceptors (Lipinski definition) is 5. The quantitative estimate of drug-likeness (QED) is 0.399. The van der Waals surface area contributed by atoms with Crippen LogP contribution < -0.4 is 10.6 Å². The second-order valence-electron chi connectivity index (χ2n) is 7.77. The molecule has 0 spiro atoms. The first-order valence-electron chi connectivity index (χ1n) is 10.5. The lowest BCUT2D eigenvalue weighted by molar-refractivity contribution is -0.0509. The van der Waals surface area contributed by atoms with Gasteiger partial charge in [-0.15, -0.1) is 11.3 Å². The second-order valence-corrected chi connectivity index (χ2v) is 10.7. The van der Waals surface area contributed by atoms with Crippen LogP contribution >= 0.6 is 11.3 Å². The molecule has 2 aromatic carbocycles. The van der Waals surface area contributed by atoms with Gasteiger partial charge in [-0.25, -0.2) is 22.6 Å². The van der Waals surface area contributed by atoms with Gasteiger partial charge in [0.05, 0.1) is 16.6 Å². The van der Waals surface area contributed by atoms with Crippen molar-refractivity contribution in [3.8, 4) is 10.4 Å². The van der Waals surface area contributed by atoms with Gasteiger partial charge in [-0.3, -0.25) is 0 Å². The van der Waals surface area contributed by atoms with Crippen LogP contribution in [0, 0.1) is 5.82 Å². The van der Waals surface area contributed by atoms with Crippen LogP contribution in [-0.2, 0) is 10.0 Å². The lowest BCUT2D eigenvalue weighted by Gasteiger charge is -2.33. The zero-order chi connectivity index (χ0) is 25.2. The summed E-state index contributed by atoms with van der Waals surface area (Å²) in [6.07, 6.45) is 2.68. The minimum Gasteiger partial charge on any atom is -0.308 e. The van der Waals surface area contributed by atoms with Gasteiger partial charge in [0.2, 0.25) is 0 Å². The number of anilines is 2. The summed E-state index contributed by atoms with van der Waals surface area (Å²) < 4.78 is 77.7. The molecule has 1 aromatic heterocycles. The number of amides is 2. The number of alkyl halides is 3. The molecule has 1 unspecified atom stereocenters. The molecule has 7 nitrogen and oxygen atoms in total. The fourth-order valence-electron chi connectivity index (χ4n) is 3.71. The van der Waals surface area contributed by atoms with Crippen molar-refractivity contribution in [3.05, 3.63) is 65.6 Å². The van der Waals surface area contributed by atoms with Gasteiger partial charge in [0.15, 0.2) is 0 Å². The number of nitrogens with one attached hydrogen (secondary N) is 2. The smallest absolute Gasteiger partial charge is 0.308 e. The maximum absolute atomic E-state index is 13.7. The van der Waals surface area contributed by atoms with Crippen LogP contribution in [-0.4, -0.2) is 35.8 Å². The summed E-state index contributed by atoms with van der Waals surface area (Å²) in [6, 6.07) is 10.7. The molecule has 1 atom stereocenters. The number of thiazole rings is 1. The average molecular weight is 529 g/mol. The van der Waals surface area contributed by atoms with Gasteiger partial charge in [-0.05, 0) is 42.7 Å². The van der Waals surface area contributed by atoms with Gasteiger partial charge in [0.25, 0.3) is 0 Å². The number of para-hydroxylation sites is 1. The largest absolute Gasteiger partial charge is 0.511 e. The summed E-state index contributed by atoms with van der Waals surface area (Å²) >= 11 is 1.12.